The Morgan fingerprint density at radius 2 is 1.83 bits per heavy atom. The molecule has 2 aromatic rings. The number of halogens is 4. The lowest BCUT2D eigenvalue weighted by molar-refractivity contribution is -0.138. The molecule has 0 aliphatic rings. The Hall–Kier alpha value is -1.82. The van der Waals surface area contributed by atoms with Gasteiger partial charge in [0.2, 0.25) is 5.28 Å². The van der Waals surface area contributed by atoms with Crippen LogP contribution in [0.1, 0.15) is 43.2 Å². The van der Waals surface area contributed by atoms with E-state index in [4.69, 9.17) is 16.3 Å². The maximum absolute atomic E-state index is 13.2. The fraction of sp³-hybridized carbons (Fsp3) is 0.412. The van der Waals surface area contributed by atoms with Crippen molar-refractivity contribution in [3.05, 3.63) is 52.1 Å². The van der Waals surface area contributed by atoms with E-state index in [2.05, 4.69) is 9.97 Å². The van der Waals surface area contributed by atoms with Crippen LogP contribution in [-0.2, 0) is 18.2 Å². The zero-order valence-electron chi connectivity index (χ0n) is 13.8. The predicted octanol–water partition coefficient (Wildman–Crippen LogP) is 5.33. The molecule has 24 heavy (non-hydrogen) atoms. The molecule has 0 radical (unpaired) electrons. The normalized spacial score (nSPS) is 12.3. The number of alkyl halides is 3. The minimum atomic E-state index is -4.44. The van der Waals surface area contributed by atoms with Crippen molar-refractivity contribution < 1.29 is 17.9 Å². The Morgan fingerprint density at radius 1 is 1.17 bits per heavy atom. The van der Waals surface area contributed by atoms with Crippen molar-refractivity contribution in [3.63, 3.8) is 0 Å². The van der Waals surface area contributed by atoms with Crippen LogP contribution in [0.15, 0.2) is 24.4 Å². The lowest BCUT2D eigenvalue weighted by Gasteiger charge is -2.22. The molecular formula is C17H18ClF3N2O. The summed E-state index contributed by atoms with van der Waals surface area (Å²) in [5, 5.41) is 0.0687. The van der Waals surface area contributed by atoms with E-state index in [9.17, 15) is 13.2 Å². The molecule has 7 heteroatoms. The van der Waals surface area contributed by atoms with Crippen LogP contribution in [0.3, 0.4) is 0 Å². The van der Waals surface area contributed by atoms with Crippen LogP contribution in [0.4, 0.5) is 13.2 Å². The highest BCUT2D eigenvalue weighted by molar-refractivity contribution is 6.28. The summed E-state index contributed by atoms with van der Waals surface area (Å²) in [6, 6.07) is 4.05. The molecule has 1 aromatic carbocycles. The summed E-state index contributed by atoms with van der Waals surface area (Å²) in [4.78, 5) is 8.02. The van der Waals surface area contributed by atoms with Gasteiger partial charge in [-0.1, -0.05) is 32.9 Å². The number of aryl methyl sites for hydroxylation is 1. The first kappa shape index (κ1) is 18.5. The molecule has 0 aliphatic carbocycles. The lowest BCUT2D eigenvalue weighted by atomic mass is 9.91. The molecule has 0 atom stereocenters. The average Bonchev–Trinajstić information content (AvgIpc) is 2.44. The van der Waals surface area contributed by atoms with Crippen LogP contribution in [0, 0.1) is 6.92 Å². The van der Waals surface area contributed by atoms with E-state index in [1.807, 2.05) is 20.8 Å². The fourth-order valence-corrected chi connectivity index (χ4v) is 2.43. The molecule has 0 fully saturated rings. The van der Waals surface area contributed by atoms with Gasteiger partial charge in [-0.25, -0.2) is 9.97 Å². The summed E-state index contributed by atoms with van der Waals surface area (Å²) in [7, 11) is 0. The van der Waals surface area contributed by atoms with Gasteiger partial charge in [0.15, 0.2) is 5.75 Å². The number of aromatic nitrogens is 2. The Balaban J connectivity index is 2.37. The van der Waals surface area contributed by atoms with Gasteiger partial charge >= 0.3 is 6.18 Å². The molecule has 0 unspecified atom stereocenters. The molecule has 0 saturated carbocycles. The average molecular weight is 359 g/mol. The summed E-state index contributed by atoms with van der Waals surface area (Å²) < 4.78 is 45.2. The van der Waals surface area contributed by atoms with Crippen LogP contribution in [0.25, 0.3) is 0 Å². The van der Waals surface area contributed by atoms with Crippen molar-refractivity contribution in [2.75, 3.05) is 0 Å². The first-order valence-corrected chi connectivity index (χ1v) is 7.69. The predicted molar refractivity (Wildman–Crippen MR) is 86.3 cm³/mol. The van der Waals surface area contributed by atoms with Crippen LogP contribution in [-0.4, -0.2) is 9.97 Å². The molecule has 3 nitrogen and oxygen atoms in total. The van der Waals surface area contributed by atoms with E-state index in [0.717, 1.165) is 6.07 Å². The lowest BCUT2D eigenvalue weighted by Crippen LogP contribution is -2.17. The second-order valence-electron chi connectivity index (χ2n) is 6.49. The van der Waals surface area contributed by atoms with Crippen molar-refractivity contribution in [3.8, 4) is 5.75 Å². The molecule has 0 aliphatic heterocycles. The summed E-state index contributed by atoms with van der Waals surface area (Å²) in [5.74, 6) is 0.322. The van der Waals surface area contributed by atoms with Gasteiger partial charge < -0.3 is 4.74 Å². The van der Waals surface area contributed by atoms with E-state index < -0.39 is 11.7 Å². The fourth-order valence-electron chi connectivity index (χ4n) is 2.30. The number of hydrogen-bond donors (Lipinski definition) is 0. The van der Waals surface area contributed by atoms with Crippen molar-refractivity contribution in [2.24, 2.45) is 0 Å². The summed E-state index contributed by atoms with van der Waals surface area (Å²) in [6.07, 6.45) is -3.05. The number of ether oxygens (including phenoxy) is 1. The van der Waals surface area contributed by atoms with Gasteiger partial charge in [-0.15, -0.1) is 0 Å². The molecule has 130 valence electrons. The Morgan fingerprint density at radius 3 is 2.42 bits per heavy atom. The van der Waals surface area contributed by atoms with E-state index in [1.54, 1.807) is 13.0 Å². The Bertz CT molecular complexity index is 740. The molecular weight excluding hydrogens is 341 g/mol. The maximum atomic E-state index is 13.2. The summed E-state index contributed by atoms with van der Waals surface area (Å²) in [5.41, 5.74) is 0.0664. The number of hydrogen-bond acceptors (Lipinski definition) is 3. The standard InChI is InChI=1S/C17H18ClF3N2O/c1-10-6-5-7-12(17(19,20)21)11(10)9-24-13-8-22-15(18)23-14(13)16(2,3)4/h5-8H,9H2,1-4H3. The van der Waals surface area contributed by atoms with Gasteiger partial charge in [-0.05, 0) is 30.2 Å². The van der Waals surface area contributed by atoms with Gasteiger partial charge in [0.05, 0.1) is 17.5 Å². The highest BCUT2D eigenvalue weighted by atomic mass is 35.5. The van der Waals surface area contributed by atoms with Crippen molar-refractivity contribution >= 4 is 11.6 Å². The molecule has 2 rings (SSSR count). The maximum Gasteiger partial charge on any atom is 0.416 e. The van der Waals surface area contributed by atoms with Crippen LogP contribution < -0.4 is 4.74 Å². The van der Waals surface area contributed by atoms with Crippen molar-refractivity contribution in [2.45, 2.75) is 45.9 Å². The van der Waals surface area contributed by atoms with Gasteiger partial charge in [0.25, 0.3) is 0 Å². The molecule has 0 bridgehead atoms. The smallest absolute Gasteiger partial charge is 0.416 e. The summed E-state index contributed by atoms with van der Waals surface area (Å²) in [6.45, 7) is 7.13. The van der Waals surface area contributed by atoms with Crippen LogP contribution >= 0.6 is 11.6 Å². The van der Waals surface area contributed by atoms with Gasteiger partial charge in [-0.2, -0.15) is 13.2 Å². The third-order valence-corrected chi connectivity index (χ3v) is 3.71. The van der Waals surface area contributed by atoms with Gasteiger partial charge in [-0.3, -0.25) is 0 Å². The first-order valence-electron chi connectivity index (χ1n) is 7.31. The third kappa shape index (κ3) is 4.17. The highest BCUT2D eigenvalue weighted by Gasteiger charge is 2.34. The number of rotatable bonds is 3. The van der Waals surface area contributed by atoms with E-state index >= 15 is 0 Å². The molecule has 0 saturated heterocycles. The quantitative estimate of drug-likeness (QED) is 0.695. The first-order chi connectivity index (χ1) is 11.0. The molecule has 0 N–H and O–H groups in total. The Labute approximate surface area is 143 Å². The molecule has 0 amide bonds. The van der Waals surface area contributed by atoms with Crippen LogP contribution in [0.2, 0.25) is 5.28 Å². The van der Waals surface area contributed by atoms with Gasteiger partial charge in [0.1, 0.15) is 6.61 Å². The minimum absolute atomic E-state index is 0.0687. The van der Waals surface area contributed by atoms with E-state index in [0.29, 0.717) is 17.0 Å². The van der Waals surface area contributed by atoms with Gasteiger partial charge in [0, 0.05) is 11.0 Å². The molecule has 1 aromatic heterocycles. The van der Waals surface area contributed by atoms with E-state index in [-0.39, 0.29) is 22.9 Å². The topological polar surface area (TPSA) is 35.0 Å². The third-order valence-electron chi connectivity index (χ3n) is 3.52. The zero-order valence-corrected chi connectivity index (χ0v) is 14.6. The molecule has 0 spiro atoms. The minimum Gasteiger partial charge on any atom is -0.485 e. The SMILES string of the molecule is Cc1cccc(C(F)(F)F)c1COc1cnc(Cl)nc1C(C)(C)C. The second-order valence-corrected chi connectivity index (χ2v) is 6.83. The van der Waals surface area contributed by atoms with E-state index in [1.165, 1.54) is 12.3 Å². The number of benzene rings is 1. The largest absolute Gasteiger partial charge is 0.485 e. The molecule has 1 heterocycles. The monoisotopic (exact) mass is 358 g/mol. The zero-order chi connectivity index (χ0) is 18.1. The van der Waals surface area contributed by atoms with Crippen molar-refractivity contribution in [1.82, 2.24) is 9.97 Å². The number of nitrogens with zero attached hydrogens (tertiary/aromatic N) is 2. The summed E-state index contributed by atoms with van der Waals surface area (Å²) >= 11 is 5.82. The second kappa shape index (κ2) is 6.59. The highest BCUT2D eigenvalue weighted by Crippen LogP contribution is 2.35. The van der Waals surface area contributed by atoms with Crippen LogP contribution in [0.5, 0.6) is 5.75 Å². The Kier molecular flexibility index (Phi) is 5.08. The van der Waals surface area contributed by atoms with Crippen molar-refractivity contribution in [1.29, 1.82) is 0 Å².